The first-order valence-electron chi connectivity index (χ1n) is 11.4. The molecule has 1 rings (SSSR count). The van der Waals surface area contributed by atoms with Gasteiger partial charge in [-0.2, -0.15) is 4.98 Å². The largest absolute Gasteiger partial charge is 0.459 e. The average molecular weight is 461 g/mol. The molecule has 0 aliphatic heterocycles. The third kappa shape index (κ3) is 10.8. The number of rotatable bonds is 15. The number of nitrogens with zero attached hydrogens (tertiary/aromatic N) is 2. The molecule has 0 bridgehead atoms. The molecular weight excluding hydrogens is 419 g/mol. The Morgan fingerprint density at radius 1 is 1.06 bits per heavy atom. The zero-order valence-corrected chi connectivity index (χ0v) is 21.2. The molecule has 0 radical (unpaired) electrons. The molecule has 1 aromatic heterocycles. The van der Waals surface area contributed by atoms with Crippen LogP contribution in [0.25, 0.3) is 0 Å². The topological polar surface area (TPSA) is 101 Å². The number of aryl methyl sites for hydroxylation is 1. The Labute approximate surface area is 187 Å². The number of esters is 1. The van der Waals surface area contributed by atoms with Gasteiger partial charge in [-0.05, 0) is 47.0 Å². The van der Waals surface area contributed by atoms with Crippen LogP contribution in [-0.2, 0) is 36.0 Å². The van der Waals surface area contributed by atoms with E-state index >= 15 is 0 Å². The molecule has 0 fully saturated rings. The maximum atomic E-state index is 13.3. The monoisotopic (exact) mass is 460 g/mol. The summed E-state index contributed by atoms with van der Waals surface area (Å²) >= 11 is 0. The summed E-state index contributed by atoms with van der Waals surface area (Å²) in [7, 11) is -3.77. The minimum Gasteiger partial charge on any atom is -0.459 e. The molecule has 0 N–H and O–H groups in total. The molecule has 0 saturated heterocycles. The van der Waals surface area contributed by atoms with Crippen LogP contribution in [0.15, 0.2) is 4.52 Å². The minimum absolute atomic E-state index is 0.0619. The van der Waals surface area contributed by atoms with Crippen molar-refractivity contribution in [2.24, 2.45) is 5.92 Å². The van der Waals surface area contributed by atoms with E-state index in [2.05, 4.69) is 24.0 Å². The quantitative estimate of drug-likeness (QED) is 0.186. The van der Waals surface area contributed by atoms with E-state index in [4.69, 9.17) is 18.3 Å². The van der Waals surface area contributed by atoms with Crippen molar-refractivity contribution >= 4 is 13.6 Å². The molecule has 1 atom stereocenters. The van der Waals surface area contributed by atoms with E-state index in [-0.39, 0.29) is 25.5 Å². The van der Waals surface area contributed by atoms with Crippen LogP contribution in [0.3, 0.4) is 0 Å². The predicted octanol–water partition coefficient (Wildman–Crippen LogP) is 5.74. The standard InChI is InChI=1S/C22H41N2O6P/c1-8-27-31(26,28-9-2)18(21(25)29-22(5,6)7)16-20-23-19(24-30-20)15-13-11-10-12-14-17(3)4/h17-18H,8-16H2,1-7H3. The van der Waals surface area contributed by atoms with Crippen LogP contribution in [0.2, 0.25) is 0 Å². The zero-order valence-electron chi connectivity index (χ0n) is 20.3. The fourth-order valence-corrected chi connectivity index (χ4v) is 4.95. The Bertz CT molecular complexity index is 688. The normalized spacial score (nSPS) is 13.5. The van der Waals surface area contributed by atoms with E-state index in [0.29, 0.717) is 12.2 Å². The summed E-state index contributed by atoms with van der Waals surface area (Å²) < 4.78 is 35.0. The van der Waals surface area contributed by atoms with E-state index < -0.39 is 24.8 Å². The lowest BCUT2D eigenvalue weighted by molar-refractivity contribution is -0.154. The van der Waals surface area contributed by atoms with Crippen molar-refractivity contribution in [1.82, 2.24) is 10.1 Å². The number of carbonyl (C=O) groups is 1. The fraction of sp³-hybridized carbons (Fsp3) is 0.864. The molecule has 1 heterocycles. The highest BCUT2D eigenvalue weighted by Crippen LogP contribution is 2.54. The smallest absolute Gasteiger partial charge is 0.345 e. The number of carbonyl (C=O) groups excluding carboxylic acids is 1. The highest BCUT2D eigenvalue weighted by Gasteiger charge is 2.44. The van der Waals surface area contributed by atoms with Gasteiger partial charge in [-0.25, -0.2) is 0 Å². The Morgan fingerprint density at radius 3 is 2.23 bits per heavy atom. The molecule has 0 aromatic carbocycles. The van der Waals surface area contributed by atoms with Crippen LogP contribution in [0.5, 0.6) is 0 Å². The van der Waals surface area contributed by atoms with E-state index in [1.165, 1.54) is 19.3 Å². The van der Waals surface area contributed by atoms with Crippen LogP contribution >= 0.6 is 7.60 Å². The molecule has 0 amide bonds. The van der Waals surface area contributed by atoms with E-state index in [0.717, 1.165) is 18.8 Å². The van der Waals surface area contributed by atoms with E-state index in [9.17, 15) is 9.36 Å². The summed E-state index contributed by atoms with van der Waals surface area (Å²) in [6.45, 7) is 13.4. The van der Waals surface area contributed by atoms with Crippen LogP contribution in [0, 0.1) is 5.92 Å². The second kappa shape index (κ2) is 13.3. The molecule has 180 valence electrons. The summed E-state index contributed by atoms with van der Waals surface area (Å²) in [5, 5.41) is 4.01. The molecule has 9 heteroatoms. The highest BCUT2D eigenvalue weighted by atomic mass is 31.2. The highest BCUT2D eigenvalue weighted by molar-refractivity contribution is 7.55. The zero-order chi connectivity index (χ0) is 23.5. The van der Waals surface area contributed by atoms with Crippen LogP contribution in [0.4, 0.5) is 0 Å². The first-order valence-corrected chi connectivity index (χ1v) is 13.0. The van der Waals surface area contributed by atoms with Gasteiger partial charge in [-0.3, -0.25) is 9.36 Å². The van der Waals surface area contributed by atoms with Gasteiger partial charge in [-0.15, -0.1) is 0 Å². The number of hydrogen-bond acceptors (Lipinski definition) is 8. The third-order valence-electron chi connectivity index (χ3n) is 4.49. The van der Waals surface area contributed by atoms with Crippen molar-refractivity contribution in [3.05, 3.63) is 11.7 Å². The molecule has 0 aliphatic rings. The van der Waals surface area contributed by atoms with Gasteiger partial charge < -0.3 is 18.3 Å². The van der Waals surface area contributed by atoms with Gasteiger partial charge >= 0.3 is 13.6 Å². The molecule has 0 saturated carbocycles. The van der Waals surface area contributed by atoms with Gasteiger partial charge in [0, 0.05) is 6.42 Å². The van der Waals surface area contributed by atoms with E-state index in [1.807, 2.05) is 0 Å². The second-order valence-corrected chi connectivity index (χ2v) is 11.3. The van der Waals surface area contributed by atoms with Gasteiger partial charge in [0.1, 0.15) is 5.60 Å². The Kier molecular flexibility index (Phi) is 12.0. The fourth-order valence-electron chi connectivity index (χ4n) is 3.10. The van der Waals surface area contributed by atoms with Gasteiger partial charge in [-0.1, -0.05) is 44.7 Å². The van der Waals surface area contributed by atoms with Gasteiger partial charge in [0.05, 0.1) is 19.6 Å². The summed E-state index contributed by atoms with van der Waals surface area (Å²) in [6.07, 6.45) is 6.40. The second-order valence-electron chi connectivity index (χ2n) is 9.08. The predicted molar refractivity (Wildman–Crippen MR) is 120 cm³/mol. The molecule has 8 nitrogen and oxygen atoms in total. The number of unbranched alkanes of at least 4 members (excludes halogenated alkanes) is 3. The van der Waals surface area contributed by atoms with Crippen molar-refractivity contribution in [2.45, 2.75) is 105 Å². The third-order valence-corrected chi connectivity index (χ3v) is 6.88. The molecular formula is C22H41N2O6P. The van der Waals surface area contributed by atoms with Crippen molar-refractivity contribution in [3.8, 4) is 0 Å². The van der Waals surface area contributed by atoms with Gasteiger partial charge in [0.15, 0.2) is 11.5 Å². The molecule has 0 aliphatic carbocycles. The molecule has 0 spiro atoms. The lowest BCUT2D eigenvalue weighted by atomic mass is 10.0. The average Bonchev–Trinajstić information content (AvgIpc) is 3.08. The molecule has 1 aromatic rings. The molecule has 31 heavy (non-hydrogen) atoms. The number of aromatic nitrogens is 2. The van der Waals surface area contributed by atoms with Crippen LogP contribution in [0.1, 0.15) is 92.3 Å². The van der Waals surface area contributed by atoms with Crippen molar-refractivity contribution in [2.75, 3.05) is 13.2 Å². The van der Waals surface area contributed by atoms with Gasteiger partial charge in [0.25, 0.3) is 0 Å². The van der Waals surface area contributed by atoms with Crippen molar-refractivity contribution < 1.29 is 27.7 Å². The minimum atomic E-state index is -3.77. The number of hydrogen-bond donors (Lipinski definition) is 0. The van der Waals surface area contributed by atoms with E-state index in [1.54, 1.807) is 34.6 Å². The Balaban J connectivity index is 2.81. The Morgan fingerprint density at radius 2 is 1.68 bits per heavy atom. The summed E-state index contributed by atoms with van der Waals surface area (Å²) in [4.78, 5) is 17.2. The summed E-state index contributed by atoms with van der Waals surface area (Å²) in [5.74, 6) is 0.888. The number of ether oxygens (including phenoxy) is 1. The maximum Gasteiger partial charge on any atom is 0.345 e. The van der Waals surface area contributed by atoms with Crippen molar-refractivity contribution in [1.29, 1.82) is 0 Å². The SMILES string of the molecule is CCOP(=O)(OCC)C(Cc1nc(CCCCCCC(C)C)no1)C(=O)OC(C)(C)C. The Hall–Kier alpha value is -1.24. The first kappa shape index (κ1) is 27.8. The van der Waals surface area contributed by atoms with Crippen LogP contribution < -0.4 is 0 Å². The lowest BCUT2D eigenvalue weighted by Gasteiger charge is -2.27. The maximum absolute atomic E-state index is 13.3. The molecule has 1 unspecified atom stereocenters. The summed E-state index contributed by atoms with van der Waals surface area (Å²) in [6, 6.07) is 0. The van der Waals surface area contributed by atoms with Crippen molar-refractivity contribution in [3.63, 3.8) is 0 Å². The van der Waals surface area contributed by atoms with Gasteiger partial charge in [0.2, 0.25) is 5.89 Å². The lowest BCUT2D eigenvalue weighted by Crippen LogP contribution is -2.34. The first-order chi connectivity index (χ1) is 14.5. The van der Waals surface area contributed by atoms with Crippen LogP contribution in [-0.4, -0.2) is 40.6 Å². The summed E-state index contributed by atoms with van der Waals surface area (Å²) in [5.41, 5.74) is -1.91.